The molecule has 1 atom stereocenters. The van der Waals surface area contributed by atoms with Crippen molar-refractivity contribution in [1.82, 2.24) is 20.4 Å². The number of hydrogen-bond acceptors (Lipinski definition) is 4. The topological polar surface area (TPSA) is 87.3 Å². The molecule has 0 radical (unpaired) electrons. The van der Waals surface area contributed by atoms with Gasteiger partial charge in [0.2, 0.25) is 11.8 Å². The molecule has 1 spiro atoms. The van der Waals surface area contributed by atoms with Crippen LogP contribution in [0.25, 0.3) is 11.3 Å². The summed E-state index contributed by atoms with van der Waals surface area (Å²) in [5, 5.41) is 10.2. The van der Waals surface area contributed by atoms with Crippen LogP contribution >= 0.6 is 0 Å². The quantitative estimate of drug-likeness (QED) is 0.752. The first-order valence-corrected chi connectivity index (χ1v) is 9.86. The molecule has 148 valence electrons. The number of benzene rings is 1. The molecule has 1 saturated carbocycles. The molecule has 2 heterocycles. The van der Waals surface area contributed by atoms with Crippen LogP contribution in [0.3, 0.4) is 0 Å². The van der Waals surface area contributed by atoms with Gasteiger partial charge in [0.05, 0.1) is 24.4 Å². The molecule has 28 heavy (non-hydrogen) atoms. The summed E-state index contributed by atoms with van der Waals surface area (Å²) in [6.45, 7) is 2.86. The number of ether oxygens (including phenoxy) is 1. The van der Waals surface area contributed by atoms with Crippen LogP contribution in [0.4, 0.5) is 0 Å². The number of amides is 2. The third-order valence-electron chi connectivity index (χ3n) is 6.14. The Morgan fingerprint density at radius 2 is 2.18 bits per heavy atom. The first-order chi connectivity index (χ1) is 13.6. The molecule has 1 aromatic carbocycles. The first-order valence-electron chi connectivity index (χ1n) is 9.86. The Morgan fingerprint density at radius 1 is 1.39 bits per heavy atom. The summed E-state index contributed by atoms with van der Waals surface area (Å²) in [7, 11) is 1.63. The number of aromatic amines is 1. The second-order valence-electron chi connectivity index (χ2n) is 7.58. The van der Waals surface area contributed by atoms with Crippen LogP contribution in [0, 0.1) is 5.41 Å². The van der Waals surface area contributed by atoms with Gasteiger partial charge in [0.15, 0.2) is 0 Å². The zero-order valence-electron chi connectivity index (χ0n) is 16.3. The van der Waals surface area contributed by atoms with Crippen LogP contribution in [-0.4, -0.2) is 46.6 Å². The molecule has 1 aliphatic carbocycles. The van der Waals surface area contributed by atoms with E-state index in [1.165, 1.54) is 0 Å². The van der Waals surface area contributed by atoms with Gasteiger partial charge in [-0.05, 0) is 31.9 Å². The molecule has 4 rings (SSSR count). The van der Waals surface area contributed by atoms with Crippen LogP contribution in [0.1, 0.15) is 38.2 Å². The second kappa shape index (κ2) is 7.30. The Labute approximate surface area is 164 Å². The smallest absolute Gasteiger partial charge is 0.244 e. The molecule has 1 unspecified atom stereocenters. The predicted molar refractivity (Wildman–Crippen MR) is 104 cm³/mol. The number of methoxy groups -OCH3 is 1. The largest absolute Gasteiger partial charge is 0.497 e. The van der Waals surface area contributed by atoms with Gasteiger partial charge in [0.25, 0.3) is 0 Å². The van der Waals surface area contributed by atoms with E-state index in [0.717, 1.165) is 48.3 Å². The molecular weight excluding hydrogens is 356 g/mol. The van der Waals surface area contributed by atoms with Crippen molar-refractivity contribution >= 4 is 11.8 Å². The SMILES string of the molecule is CCN1C(=O)C2(CCCC2)C1C(=O)NCc1cn[nH]c1-c1cccc(OC)c1. The molecule has 1 aromatic heterocycles. The number of hydrogen-bond donors (Lipinski definition) is 2. The normalized spacial score (nSPS) is 20.3. The number of aromatic nitrogens is 2. The van der Waals surface area contributed by atoms with Gasteiger partial charge in [0, 0.05) is 24.2 Å². The molecule has 0 bridgehead atoms. The van der Waals surface area contributed by atoms with E-state index in [-0.39, 0.29) is 17.9 Å². The Hall–Kier alpha value is -2.83. The number of likely N-dealkylation sites (N-methyl/N-ethyl adjacent to an activating group) is 1. The minimum atomic E-state index is -0.466. The van der Waals surface area contributed by atoms with E-state index in [4.69, 9.17) is 4.74 Å². The fourth-order valence-electron chi connectivity index (χ4n) is 4.72. The molecule has 2 aromatic rings. The zero-order chi connectivity index (χ0) is 19.7. The van der Waals surface area contributed by atoms with E-state index < -0.39 is 5.41 Å². The minimum absolute atomic E-state index is 0.0684. The molecule has 7 nitrogen and oxygen atoms in total. The van der Waals surface area contributed by atoms with Gasteiger partial charge in [-0.15, -0.1) is 0 Å². The highest BCUT2D eigenvalue weighted by atomic mass is 16.5. The highest BCUT2D eigenvalue weighted by Crippen LogP contribution is 2.51. The lowest BCUT2D eigenvalue weighted by atomic mass is 9.68. The summed E-state index contributed by atoms with van der Waals surface area (Å²) in [4.78, 5) is 27.3. The van der Waals surface area contributed by atoms with Crippen LogP contribution in [0.15, 0.2) is 30.5 Å². The summed E-state index contributed by atoms with van der Waals surface area (Å²) >= 11 is 0. The summed E-state index contributed by atoms with van der Waals surface area (Å²) < 4.78 is 5.29. The standard InChI is InChI=1S/C21H26N4O3/c1-3-25-18(21(20(25)27)9-4-5-10-21)19(26)22-12-15-13-23-24-17(15)14-7-6-8-16(11-14)28-2/h6-8,11,13,18H,3-5,9-10,12H2,1-2H3,(H,22,26)(H,23,24). The van der Waals surface area contributed by atoms with Crippen molar-refractivity contribution in [1.29, 1.82) is 0 Å². The lowest BCUT2D eigenvalue weighted by Crippen LogP contribution is -2.72. The van der Waals surface area contributed by atoms with E-state index in [0.29, 0.717) is 13.1 Å². The maximum Gasteiger partial charge on any atom is 0.244 e. The van der Waals surface area contributed by atoms with Gasteiger partial charge in [-0.1, -0.05) is 25.0 Å². The zero-order valence-corrected chi connectivity index (χ0v) is 16.3. The number of nitrogens with one attached hydrogen (secondary N) is 2. The highest BCUT2D eigenvalue weighted by Gasteiger charge is 2.63. The predicted octanol–water partition coefficient (Wildman–Crippen LogP) is 2.49. The molecule has 2 fully saturated rings. The van der Waals surface area contributed by atoms with E-state index in [9.17, 15) is 9.59 Å². The van der Waals surface area contributed by atoms with Gasteiger partial charge < -0.3 is 15.0 Å². The summed E-state index contributed by atoms with van der Waals surface area (Å²) in [6, 6.07) is 7.35. The first kappa shape index (κ1) is 18.5. The second-order valence-corrected chi connectivity index (χ2v) is 7.58. The minimum Gasteiger partial charge on any atom is -0.497 e. The van der Waals surface area contributed by atoms with Crippen molar-refractivity contribution in [3.8, 4) is 17.0 Å². The Balaban J connectivity index is 1.49. The summed E-state index contributed by atoms with van der Waals surface area (Å²) in [5.41, 5.74) is 2.23. The molecule has 1 saturated heterocycles. The van der Waals surface area contributed by atoms with Gasteiger partial charge in [0.1, 0.15) is 11.8 Å². The molecule has 1 aliphatic heterocycles. The Bertz CT molecular complexity index is 885. The average molecular weight is 382 g/mol. The third-order valence-corrected chi connectivity index (χ3v) is 6.14. The van der Waals surface area contributed by atoms with E-state index in [1.807, 2.05) is 31.2 Å². The van der Waals surface area contributed by atoms with E-state index in [2.05, 4.69) is 15.5 Å². The van der Waals surface area contributed by atoms with Crippen molar-refractivity contribution in [2.75, 3.05) is 13.7 Å². The Kier molecular flexibility index (Phi) is 4.83. The maximum atomic E-state index is 13.0. The van der Waals surface area contributed by atoms with Gasteiger partial charge >= 0.3 is 0 Å². The number of rotatable bonds is 6. The van der Waals surface area contributed by atoms with Crippen molar-refractivity contribution in [2.45, 2.75) is 45.2 Å². The van der Waals surface area contributed by atoms with E-state index >= 15 is 0 Å². The van der Waals surface area contributed by atoms with Crippen LogP contribution in [-0.2, 0) is 16.1 Å². The fraction of sp³-hybridized carbons (Fsp3) is 0.476. The van der Waals surface area contributed by atoms with Crippen molar-refractivity contribution in [3.63, 3.8) is 0 Å². The molecule has 7 heteroatoms. The lowest BCUT2D eigenvalue weighted by Gasteiger charge is -2.53. The number of carbonyl (C=O) groups is 2. The number of likely N-dealkylation sites (tertiary alicyclic amines) is 1. The molecule has 2 aliphatic rings. The number of β-lactam (4-membered cyclic amide) rings is 1. The number of carbonyl (C=O) groups excluding carboxylic acids is 2. The molecule has 2 N–H and O–H groups in total. The third kappa shape index (κ3) is 2.85. The van der Waals surface area contributed by atoms with Gasteiger partial charge in [-0.2, -0.15) is 5.10 Å². The van der Waals surface area contributed by atoms with Crippen LogP contribution < -0.4 is 10.1 Å². The number of H-pyrrole nitrogens is 1. The number of nitrogens with zero attached hydrogens (tertiary/aromatic N) is 2. The summed E-state index contributed by atoms with van der Waals surface area (Å²) in [5.74, 6) is 0.839. The fourth-order valence-corrected chi connectivity index (χ4v) is 4.72. The van der Waals surface area contributed by atoms with Crippen LogP contribution in [0.2, 0.25) is 0 Å². The van der Waals surface area contributed by atoms with Gasteiger partial charge in [-0.3, -0.25) is 14.7 Å². The highest BCUT2D eigenvalue weighted by molar-refractivity contribution is 6.02. The van der Waals surface area contributed by atoms with E-state index in [1.54, 1.807) is 18.2 Å². The summed E-state index contributed by atoms with van der Waals surface area (Å²) in [6.07, 6.45) is 5.41. The Morgan fingerprint density at radius 3 is 2.89 bits per heavy atom. The van der Waals surface area contributed by atoms with Crippen molar-refractivity contribution in [2.24, 2.45) is 5.41 Å². The molecular formula is C21H26N4O3. The van der Waals surface area contributed by atoms with Crippen molar-refractivity contribution in [3.05, 3.63) is 36.0 Å². The van der Waals surface area contributed by atoms with Crippen molar-refractivity contribution < 1.29 is 14.3 Å². The van der Waals surface area contributed by atoms with Gasteiger partial charge in [-0.25, -0.2) is 0 Å². The monoisotopic (exact) mass is 382 g/mol. The maximum absolute atomic E-state index is 13.0. The molecule has 2 amide bonds. The lowest BCUT2D eigenvalue weighted by molar-refractivity contribution is -0.176. The van der Waals surface area contributed by atoms with Crippen LogP contribution in [0.5, 0.6) is 5.75 Å². The average Bonchev–Trinajstić information content (AvgIpc) is 3.40.